The maximum absolute atomic E-state index is 5.66. The zero-order chi connectivity index (χ0) is 14.8. The molecule has 5 nitrogen and oxygen atoms in total. The highest BCUT2D eigenvalue weighted by Crippen LogP contribution is 2.34. The molecule has 0 spiro atoms. The summed E-state index contributed by atoms with van der Waals surface area (Å²) in [5, 5.41) is 0. The number of hydrogen-bond acceptors (Lipinski definition) is 4. The van der Waals surface area contributed by atoms with E-state index in [-0.39, 0.29) is 0 Å². The normalized spacial score (nSPS) is 20.3. The van der Waals surface area contributed by atoms with Crippen LogP contribution in [0.5, 0.6) is 11.5 Å². The van der Waals surface area contributed by atoms with Crippen LogP contribution in [0.25, 0.3) is 11.4 Å². The summed E-state index contributed by atoms with van der Waals surface area (Å²) in [6.07, 6.45) is 6.21. The van der Waals surface area contributed by atoms with E-state index < -0.39 is 0 Å². The molecule has 1 aromatic heterocycles. The third-order valence-corrected chi connectivity index (χ3v) is 4.32. The molecule has 0 radical (unpaired) electrons. The van der Waals surface area contributed by atoms with Gasteiger partial charge < -0.3 is 18.8 Å². The Morgan fingerprint density at radius 3 is 2.91 bits per heavy atom. The Morgan fingerprint density at radius 1 is 1.14 bits per heavy atom. The largest absolute Gasteiger partial charge is 0.486 e. The zero-order valence-electron chi connectivity index (χ0n) is 12.5. The summed E-state index contributed by atoms with van der Waals surface area (Å²) in [5.41, 5.74) is 1.07. The quantitative estimate of drug-likeness (QED) is 0.871. The van der Waals surface area contributed by atoms with E-state index in [1.54, 1.807) is 0 Å². The van der Waals surface area contributed by atoms with Gasteiger partial charge in [0, 0.05) is 37.7 Å². The number of ether oxygens (including phenoxy) is 3. The van der Waals surface area contributed by atoms with Crippen LogP contribution >= 0.6 is 0 Å². The van der Waals surface area contributed by atoms with Crippen LogP contribution in [0.3, 0.4) is 0 Å². The summed E-state index contributed by atoms with van der Waals surface area (Å²) in [5.74, 6) is 3.28. The van der Waals surface area contributed by atoms with Gasteiger partial charge in [0.1, 0.15) is 19.0 Å². The standard InChI is InChI=1S/C17H20N2O3/c1-2-15-16(22-10-9-21-15)11-14(1)17-18-5-7-19(17)6-3-13-4-8-20-12-13/h1-2,5,7,11,13H,3-4,6,8-10,12H2. The van der Waals surface area contributed by atoms with Crippen molar-refractivity contribution in [2.45, 2.75) is 19.4 Å². The maximum Gasteiger partial charge on any atom is 0.162 e. The van der Waals surface area contributed by atoms with Crippen LogP contribution in [0.2, 0.25) is 0 Å². The van der Waals surface area contributed by atoms with E-state index in [1.165, 1.54) is 6.42 Å². The lowest BCUT2D eigenvalue weighted by Gasteiger charge is -2.19. The average Bonchev–Trinajstić information content (AvgIpc) is 3.24. The third kappa shape index (κ3) is 2.68. The molecule has 2 aliphatic heterocycles. The van der Waals surface area contributed by atoms with Gasteiger partial charge in [-0.2, -0.15) is 0 Å². The molecule has 0 aliphatic carbocycles. The number of fused-ring (bicyclic) bond motifs is 1. The second-order valence-electron chi connectivity index (χ2n) is 5.82. The minimum Gasteiger partial charge on any atom is -0.486 e. The van der Waals surface area contributed by atoms with E-state index in [2.05, 4.69) is 9.55 Å². The Balaban J connectivity index is 1.53. The molecule has 22 heavy (non-hydrogen) atoms. The van der Waals surface area contributed by atoms with Crippen LogP contribution in [0, 0.1) is 5.92 Å². The lowest BCUT2D eigenvalue weighted by atomic mass is 10.1. The Labute approximate surface area is 129 Å². The van der Waals surface area contributed by atoms with Crippen molar-refractivity contribution in [2.24, 2.45) is 5.92 Å². The highest BCUT2D eigenvalue weighted by atomic mass is 16.6. The molecule has 0 amide bonds. The van der Waals surface area contributed by atoms with E-state index in [4.69, 9.17) is 14.2 Å². The van der Waals surface area contributed by atoms with E-state index in [1.807, 2.05) is 30.6 Å². The van der Waals surface area contributed by atoms with Gasteiger partial charge >= 0.3 is 0 Å². The van der Waals surface area contributed by atoms with Crippen LogP contribution in [-0.2, 0) is 11.3 Å². The minimum atomic E-state index is 0.604. The number of rotatable bonds is 4. The number of hydrogen-bond donors (Lipinski definition) is 0. The van der Waals surface area contributed by atoms with Gasteiger partial charge in [-0.15, -0.1) is 0 Å². The van der Waals surface area contributed by atoms with Gasteiger partial charge in [0.2, 0.25) is 0 Å². The molecule has 1 aromatic carbocycles. The van der Waals surface area contributed by atoms with Crippen molar-refractivity contribution >= 4 is 0 Å². The van der Waals surface area contributed by atoms with E-state index in [0.29, 0.717) is 19.1 Å². The summed E-state index contributed by atoms with van der Waals surface area (Å²) >= 11 is 0. The summed E-state index contributed by atoms with van der Waals surface area (Å²) in [7, 11) is 0. The van der Waals surface area contributed by atoms with Crippen LogP contribution in [0.15, 0.2) is 30.6 Å². The smallest absolute Gasteiger partial charge is 0.162 e. The van der Waals surface area contributed by atoms with Crippen LogP contribution in [0.4, 0.5) is 0 Å². The molecule has 1 fully saturated rings. The second kappa shape index (κ2) is 6.01. The molecule has 3 heterocycles. The summed E-state index contributed by atoms with van der Waals surface area (Å²) in [6.45, 7) is 3.99. The topological polar surface area (TPSA) is 45.5 Å². The first-order chi connectivity index (χ1) is 10.9. The van der Waals surface area contributed by atoms with E-state index >= 15 is 0 Å². The zero-order valence-corrected chi connectivity index (χ0v) is 12.5. The fourth-order valence-corrected chi connectivity index (χ4v) is 3.07. The lowest BCUT2D eigenvalue weighted by molar-refractivity contribution is 0.171. The highest BCUT2D eigenvalue weighted by molar-refractivity contribution is 5.61. The molecule has 1 unspecified atom stereocenters. The number of imidazole rings is 1. The fourth-order valence-electron chi connectivity index (χ4n) is 3.07. The lowest BCUT2D eigenvalue weighted by Crippen LogP contribution is -2.15. The Morgan fingerprint density at radius 2 is 2.05 bits per heavy atom. The summed E-state index contributed by atoms with van der Waals surface area (Å²) in [6, 6.07) is 6.03. The first-order valence-corrected chi connectivity index (χ1v) is 7.89. The molecule has 0 bridgehead atoms. The molecule has 0 N–H and O–H groups in total. The predicted molar refractivity (Wildman–Crippen MR) is 82.2 cm³/mol. The van der Waals surface area contributed by atoms with Gasteiger partial charge in [-0.05, 0) is 37.0 Å². The molecule has 1 atom stereocenters. The molecule has 4 rings (SSSR count). The summed E-state index contributed by atoms with van der Waals surface area (Å²) in [4.78, 5) is 4.52. The molecule has 5 heteroatoms. The maximum atomic E-state index is 5.66. The van der Waals surface area contributed by atoms with Crippen LogP contribution in [-0.4, -0.2) is 36.0 Å². The van der Waals surface area contributed by atoms with Gasteiger partial charge in [-0.3, -0.25) is 0 Å². The van der Waals surface area contributed by atoms with Crippen molar-refractivity contribution in [1.82, 2.24) is 9.55 Å². The first kappa shape index (κ1) is 13.6. The number of benzene rings is 1. The molecular weight excluding hydrogens is 280 g/mol. The molecule has 116 valence electrons. The van der Waals surface area contributed by atoms with Crippen molar-refractivity contribution in [3.63, 3.8) is 0 Å². The number of aromatic nitrogens is 2. The Hall–Kier alpha value is -2.01. The van der Waals surface area contributed by atoms with Crippen molar-refractivity contribution in [3.05, 3.63) is 30.6 Å². The van der Waals surface area contributed by atoms with E-state index in [0.717, 1.165) is 49.1 Å². The Bertz CT molecular complexity index is 647. The minimum absolute atomic E-state index is 0.604. The van der Waals surface area contributed by atoms with Crippen molar-refractivity contribution in [2.75, 3.05) is 26.4 Å². The van der Waals surface area contributed by atoms with Gasteiger partial charge in [0.15, 0.2) is 11.5 Å². The Kier molecular flexibility index (Phi) is 3.72. The molecule has 1 saturated heterocycles. The molecular formula is C17H20N2O3. The second-order valence-corrected chi connectivity index (χ2v) is 5.82. The third-order valence-electron chi connectivity index (χ3n) is 4.32. The fraction of sp³-hybridized carbons (Fsp3) is 0.471. The van der Waals surface area contributed by atoms with Crippen molar-refractivity contribution < 1.29 is 14.2 Å². The first-order valence-electron chi connectivity index (χ1n) is 7.89. The molecule has 0 saturated carbocycles. The van der Waals surface area contributed by atoms with Crippen LogP contribution in [0.1, 0.15) is 12.8 Å². The molecule has 2 aliphatic rings. The number of aryl methyl sites for hydroxylation is 1. The SMILES string of the molecule is c1cn(CCC2CCOC2)c(-c2ccc3c(c2)OCCO3)n1. The average molecular weight is 300 g/mol. The highest BCUT2D eigenvalue weighted by Gasteiger charge is 2.17. The van der Waals surface area contributed by atoms with Gasteiger partial charge in [0.25, 0.3) is 0 Å². The van der Waals surface area contributed by atoms with Crippen LogP contribution < -0.4 is 9.47 Å². The monoisotopic (exact) mass is 300 g/mol. The van der Waals surface area contributed by atoms with Gasteiger partial charge in [-0.1, -0.05) is 0 Å². The van der Waals surface area contributed by atoms with E-state index in [9.17, 15) is 0 Å². The number of nitrogens with zero attached hydrogens (tertiary/aromatic N) is 2. The van der Waals surface area contributed by atoms with Crippen molar-refractivity contribution in [3.8, 4) is 22.9 Å². The van der Waals surface area contributed by atoms with Gasteiger partial charge in [0.05, 0.1) is 0 Å². The molecule has 2 aromatic rings. The van der Waals surface area contributed by atoms with Crippen molar-refractivity contribution in [1.29, 1.82) is 0 Å². The summed E-state index contributed by atoms with van der Waals surface area (Å²) < 4.78 is 18.9. The van der Waals surface area contributed by atoms with Gasteiger partial charge in [-0.25, -0.2) is 4.98 Å². The predicted octanol–water partition coefficient (Wildman–Crippen LogP) is 2.75.